The Kier molecular flexibility index (Phi) is 7.17. The molecule has 128 valence electrons. The fourth-order valence-electron chi connectivity index (χ4n) is 2.18. The summed E-state index contributed by atoms with van der Waals surface area (Å²) in [5.41, 5.74) is 2.25. The highest BCUT2D eigenvalue weighted by Gasteiger charge is 2.07. The van der Waals surface area contributed by atoms with Crippen LogP contribution in [0.25, 0.3) is 0 Å². The molecule has 1 heterocycles. The van der Waals surface area contributed by atoms with Crippen LogP contribution in [0.2, 0.25) is 0 Å². The van der Waals surface area contributed by atoms with Gasteiger partial charge in [0.05, 0.1) is 0 Å². The maximum atomic E-state index is 12.9. The summed E-state index contributed by atoms with van der Waals surface area (Å²) in [7, 11) is 1.63. The molecule has 0 saturated heterocycles. The van der Waals surface area contributed by atoms with E-state index in [-0.39, 0.29) is 11.7 Å². The van der Waals surface area contributed by atoms with Crippen LogP contribution in [-0.4, -0.2) is 37.7 Å². The average molecular weight is 331 g/mol. The zero-order valence-corrected chi connectivity index (χ0v) is 13.7. The molecule has 0 saturated carbocycles. The van der Waals surface area contributed by atoms with Gasteiger partial charge in [0.15, 0.2) is 0 Å². The Morgan fingerprint density at radius 3 is 2.75 bits per heavy atom. The fraction of sp³-hybridized carbons (Fsp3) is 0.333. The average Bonchev–Trinajstić information content (AvgIpc) is 2.60. The molecule has 2 N–H and O–H groups in total. The van der Waals surface area contributed by atoms with Crippen LogP contribution in [0.1, 0.15) is 22.5 Å². The summed E-state index contributed by atoms with van der Waals surface area (Å²) in [6.45, 7) is 1.85. The van der Waals surface area contributed by atoms with Crippen LogP contribution in [0.3, 0.4) is 0 Å². The largest absolute Gasteiger partial charge is 0.385 e. The number of aromatic nitrogens is 1. The quantitative estimate of drug-likeness (QED) is 0.694. The lowest BCUT2D eigenvalue weighted by molar-refractivity contribution is 0.0943. The summed E-state index contributed by atoms with van der Waals surface area (Å²) in [6.07, 6.45) is 3.13. The van der Waals surface area contributed by atoms with Gasteiger partial charge in [-0.1, -0.05) is 12.1 Å². The third kappa shape index (κ3) is 5.96. The van der Waals surface area contributed by atoms with Gasteiger partial charge in [-0.2, -0.15) is 0 Å². The highest BCUT2D eigenvalue weighted by atomic mass is 19.1. The fourth-order valence-corrected chi connectivity index (χ4v) is 2.18. The normalized spacial score (nSPS) is 10.4. The summed E-state index contributed by atoms with van der Waals surface area (Å²) in [4.78, 5) is 16.1. The van der Waals surface area contributed by atoms with E-state index in [2.05, 4.69) is 15.6 Å². The molecule has 2 rings (SSSR count). The van der Waals surface area contributed by atoms with Crippen molar-refractivity contribution in [1.82, 2.24) is 10.3 Å². The molecule has 0 radical (unpaired) electrons. The van der Waals surface area contributed by atoms with Gasteiger partial charge in [0.25, 0.3) is 5.91 Å². The molecule has 6 heteroatoms. The van der Waals surface area contributed by atoms with Gasteiger partial charge in [-0.15, -0.1) is 0 Å². The van der Waals surface area contributed by atoms with Crippen LogP contribution >= 0.6 is 0 Å². The first-order valence-corrected chi connectivity index (χ1v) is 7.90. The van der Waals surface area contributed by atoms with Crippen molar-refractivity contribution in [3.63, 3.8) is 0 Å². The van der Waals surface area contributed by atoms with E-state index < -0.39 is 0 Å². The van der Waals surface area contributed by atoms with E-state index in [1.807, 2.05) is 6.07 Å². The van der Waals surface area contributed by atoms with Crippen molar-refractivity contribution in [3.8, 4) is 0 Å². The number of hydrogen-bond donors (Lipinski definition) is 2. The number of benzene rings is 1. The molecule has 1 aromatic carbocycles. The second-order valence-corrected chi connectivity index (χ2v) is 5.34. The molecule has 1 aromatic heterocycles. The number of ether oxygens (including phenoxy) is 1. The molecule has 2 aromatic rings. The lowest BCUT2D eigenvalue weighted by Gasteiger charge is -2.08. The molecule has 0 aliphatic rings. The highest BCUT2D eigenvalue weighted by molar-refractivity contribution is 5.93. The van der Waals surface area contributed by atoms with Crippen LogP contribution in [0.4, 0.5) is 10.1 Å². The van der Waals surface area contributed by atoms with Crippen LogP contribution < -0.4 is 10.6 Å². The van der Waals surface area contributed by atoms with Crippen molar-refractivity contribution in [3.05, 3.63) is 59.7 Å². The van der Waals surface area contributed by atoms with Crippen molar-refractivity contribution in [2.75, 3.05) is 32.1 Å². The Morgan fingerprint density at radius 1 is 1.21 bits per heavy atom. The van der Waals surface area contributed by atoms with Gasteiger partial charge in [-0.3, -0.25) is 9.78 Å². The van der Waals surface area contributed by atoms with Gasteiger partial charge in [0.1, 0.15) is 11.5 Å². The maximum Gasteiger partial charge on any atom is 0.269 e. The molecule has 5 nitrogen and oxygen atoms in total. The summed E-state index contributed by atoms with van der Waals surface area (Å²) in [5.74, 6) is -0.435. The third-order valence-electron chi connectivity index (χ3n) is 3.46. The number of anilines is 1. The first-order valence-electron chi connectivity index (χ1n) is 7.90. The molecule has 0 unspecified atom stereocenters. The highest BCUT2D eigenvalue weighted by Crippen LogP contribution is 2.09. The van der Waals surface area contributed by atoms with Crippen molar-refractivity contribution in [1.29, 1.82) is 0 Å². The summed E-state index contributed by atoms with van der Waals surface area (Å²) in [5, 5.41) is 6.05. The number of halogens is 1. The standard InChI is InChI=1S/C18H22FN3O2/c1-24-12-2-9-22-18(23)17-13-16(8-11-21-17)20-10-7-14-3-5-15(19)6-4-14/h3-6,8,11,13H,2,7,9-10,12H2,1H3,(H,20,21)(H,22,23). The second kappa shape index (κ2) is 9.62. The van der Waals surface area contributed by atoms with Crippen LogP contribution in [-0.2, 0) is 11.2 Å². The number of nitrogens with zero attached hydrogens (tertiary/aromatic N) is 1. The molecule has 0 aliphatic carbocycles. The van der Waals surface area contributed by atoms with E-state index in [0.29, 0.717) is 25.4 Å². The SMILES string of the molecule is COCCCNC(=O)c1cc(NCCc2ccc(F)cc2)ccn1. The monoisotopic (exact) mass is 331 g/mol. The first kappa shape index (κ1) is 17.9. The Labute approximate surface area is 141 Å². The van der Waals surface area contributed by atoms with Gasteiger partial charge in [-0.25, -0.2) is 4.39 Å². The number of pyridine rings is 1. The number of carbonyl (C=O) groups excluding carboxylic acids is 1. The predicted octanol–water partition coefficient (Wildman–Crippen LogP) is 2.64. The predicted molar refractivity (Wildman–Crippen MR) is 91.7 cm³/mol. The Bertz CT molecular complexity index is 647. The third-order valence-corrected chi connectivity index (χ3v) is 3.46. The molecule has 0 atom stereocenters. The summed E-state index contributed by atoms with van der Waals surface area (Å²) < 4.78 is 17.8. The topological polar surface area (TPSA) is 63.2 Å². The van der Waals surface area contributed by atoms with E-state index in [4.69, 9.17) is 4.74 Å². The minimum absolute atomic E-state index is 0.201. The number of methoxy groups -OCH3 is 1. The van der Waals surface area contributed by atoms with Gasteiger partial charge in [0, 0.05) is 38.7 Å². The minimum atomic E-state index is -0.234. The molecule has 0 spiro atoms. The molecule has 0 aliphatic heterocycles. The van der Waals surface area contributed by atoms with E-state index in [1.54, 1.807) is 31.5 Å². The van der Waals surface area contributed by atoms with Crippen molar-refractivity contribution in [2.45, 2.75) is 12.8 Å². The van der Waals surface area contributed by atoms with Crippen molar-refractivity contribution in [2.24, 2.45) is 0 Å². The van der Waals surface area contributed by atoms with Crippen LogP contribution in [0.5, 0.6) is 0 Å². The van der Waals surface area contributed by atoms with E-state index in [1.165, 1.54) is 12.1 Å². The number of rotatable bonds is 9. The van der Waals surface area contributed by atoms with Crippen LogP contribution in [0.15, 0.2) is 42.6 Å². The number of hydrogen-bond acceptors (Lipinski definition) is 4. The zero-order chi connectivity index (χ0) is 17.2. The van der Waals surface area contributed by atoms with Crippen LogP contribution in [0, 0.1) is 5.82 Å². The van der Waals surface area contributed by atoms with Gasteiger partial charge < -0.3 is 15.4 Å². The smallest absolute Gasteiger partial charge is 0.269 e. The number of nitrogens with one attached hydrogen (secondary N) is 2. The first-order chi connectivity index (χ1) is 11.7. The minimum Gasteiger partial charge on any atom is -0.385 e. The Balaban J connectivity index is 1.81. The second-order valence-electron chi connectivity index (χ2n) is 5.34. The lowest BCUT2D eigenvalue weighted by Crippen LogP contribution is -2.26. The van der Waals surface area contributed by atoms with E-state index in [0.717, 1.165) is 24.1 Å². The van der Waals surface area contributed by atoms with Gasteiger partial charge in [-0.05, 0) is 42.7 Å². The summed E-state index contributed by atoms with van der Waals surface area (Å²) >= 11 is 0. The van der Waals surface area contributed by atoms with Gasteiger partial charge in [0.2, 0.25) is 0 Å². The molecular weight excluding hydrogens is 309 g/mol. The molecule has 0 bridgehead atoms. The van der Waals surface area contributed by atoms with Crippen molar-refractivity contribution < 1.29 is 13.9 Å². The Hall–Kier alpha value is -2.47. The van der Waals surface area contributed by atoms with Gasteiger partial charge >= 0.3 is 0 Å². The number of amides is 1. The molecule has 1 amide bonds. The van der Waals surface area contributed by atoms with Crippen molar-refractivity contribution >= 4 is 11.6 Å². The number of carbonyl (C=O) groups is 1. The molecule has 24 heavy (non-hydrogen) atoms. The molecular formula is C18H22FN3O2. The van der Waals surface area contributed by atoms with E-state index >= 15 is 0 Å². The summed E-state index contributed by atoms with van der Waals surface area (Å²) in [6, 6.07) is 9.97. The van der Waals surface area contributed by atoms with E-state index in [9.17, 15) is 9.18 Å². The lowest BCUT2D eigenvalue weighted by atomic mass is 10.1. The molecule has 0 fully saturated rings. The maximum absolute atomic E-state index is 12.9. The zero-order valence-electron chi connectivity index (χ0n) is 13.7. The Morgan fingerprint density at radius 2 is 2.00 bits per heavy atom.